The zero-order chi connectivity index (χ0) is 13.2. The van der Waals surface area contributed by atoms with E-state index in [1.807, 2.05) is 55.5 Å². The summed E-state index contributed by atoms with van der Waals surface area (Å²) in [6.07, 6.45) is 0.865. The number of hydrogen-bond acceptors (Lipinski definition) is 2. The van der Waals surface area contributed by atoms with Gasteiger partial charge in [-0.3, -0.25) is 4.79 Å². The Morgan fingerprint density at radius 2 is 1.84 bits per heavy atom. The van der Waals surface area contributed by atoms with Gasteiger partial charge < -0.3 is 0 Å². The van der Waals surface area contributed by atoms with Crippen LogP contribution in [0.15, 0.2) is 54.6 Å². The van der Waals surface area contributed by atoms with E-state index in [1.165, 1.54) is 0 Å². The van der Waals surface area contributed by atoms with Crippen LogP contribution in [0.5, 0.6) is 0 Å². The van der Waals surface area contributed by atoms with E-state index < -0.39 is 0 Å². The Hall–Kier alpha value is -2.48. The minimum absolute atomic E-state index is 0.676. The van der Waals surface area contributed by atoms with Gasteiger partial charge in [-0.2, -0.15) is 0 Å². The molecule has 92 valence electrons. The summed E-state index contributed by atoms with van der Waals surface area (Å²) in [5.74, 6) is 0. The van der Waals surface area contributed by atoms with E-state index in [-0.39, 0.29) is 0 Å². The Labute approximate surface area is 111 Å². The number of benzene rings is 2. The third-order valence-electron chi connectivity index (χ3n) is 3.27. The van der Waals surface area contributed by atoms with E-state index in [0.29, 0.717) is 5.56 Å². The van der Waals surface area contributed by atoms with Crippen molar-refractivity contribution >= 4 is 17.2 Å². The lowest BCUT2D eigenvalue weighted by molar-refractivity contribution is 0.112. The lowest BCUT2D eigenvalue weighted by Gasteiger charge is -2.07. The molecule has 1 aromatic heterocycles. The first-order chi connectivity index (χ1) is 9.28. The molecular weight excluding hydrogens is 234 g/mol. The van der Waals surface area contributed by atoms with Crippen molar-refractivity contribution in [2.45, 2.75) is 6.92 Å². The van der Waals surface area contributed by atoms with Crippen LogP contribution < -0.4 is 0 Å². The highest BCUT2D eigenvalue weighted by molar-refractivity contribution is 5.84. The number of rotatable bonds is 2. The van der Waals surface area contributed by atoms with Gasteiger partial charge in [0.2, 0.25) is 0 Å². The van der Waals surface area contributed by atoms with Crippen molar-refractivity contribution < 1.29 is 4.79 Å². The van der Waals surface area contributed by atoms with Crippen LogP contribution in [-0.4, -0.2) is 11.3 Å². The minimum atomic E-state index is 0.676. The first-order valence-electron chi connectivity index (χ1n) is 6.20. The fraction of sp³-hybridized carbons (Fsp3) is 0.0588. The fourth-order valence-corrected chi connectivity index (χ4v) is 2.20. The smallest absolute Gasteiger partial charge is 0.150 e. The van der Waals surface area contributed by atoms with Gasteiger partial charge in [-0.1, -0.05) is 36.4 Å². The van der Waals surface area contributed by atoms with Crippen molar-refractivity contribution in [3.63, 3.8) is 0 Å². The number of carbonyl (C=O) groups excluding carboxylic acids is 1. The molecule has 0 N–H and O–H groups in total. The highest BCUT2D eigenvalue weighted by atomic mass is 16.1. The molecule has 0 spiro atoms. The number of aromatic nitrogens is 1. The number of aryl methyl sites for hydroxylation is 1. The molecule has 2 nitrogen and oxygen atoms in total. The highest BCUT2D eigenvalue weighted by Crippen LogP contribution is 2.24. The topological polar surface area (TPSA) is 30.0 Å². The molecule has 0 amide bonds. The molecule has 2 aromatic carbocycles. The Bertz CT molecular complexity index is 762. The average Bonchev–Trinajstić information content (AvgIpc) is 2.47. The zero-order valence-corrected chi connectivity index (χ0v) is 10.6. The second-order valence-corrected chi connectivity index (χ2v) is 4.58. The Balaban J connectivity index is 2.21. The molecule has 0 aliphatic carbocycles. The van der Waals surface area contributed by atoms with Crippen LogP contribution in [0.25, 0.3) is 22.2 Å². The summed E-state index contributed by atoms with van der Waals surface area (Å²) >= 11 is 0. The molecule has 0 bridgehead atoms. The van der Waals surface area contributed by atoms with E-state index >= 15 is 0 Å². The van der Waals surface area contributed by atoms with E-state index in [4.69, 9.17) is 0 Å². The van der Waals surface area contributed by atoms with Crippen LogP contribution in [0.2, 0.25) is 0 Å². The number of aldehydes is 1. The number of carbonyl (C=O) groups is 1. The molecule has 3 aromatic rings. The van der Waals surface area contributed by atoms with Gasteiger partial charge in [0.1, 0.15) is 6.29 Å². The number of pyridine rings is 1. The maximum atomic E-state index is 10.9. The van der Waals surface area contributed by atoms with Crippen molar-refractivity contribution in [3.8, 4) is 11.3 Å². The summed E-state index contributed by atoms with van der Waals surface area (Å²) < 4.78 is 0. The zero-order valence-electron chi connectivity index (χ0n) is 10.6. The van der Waals surface area contributed by atoms with Gasteiger partial charge in [0, 0.05) is 16.5 Å². The maximum Gasteiger partial charge on any atom is 0.150 e. The Morgan fingerprint density at radius 3 is 2.68 bits per heavy atom. The van der Waals surface area contributed by atoms with Crippen LogP contribution in [0.4, 0.5) is 0 Å². The molecule has 0 radical (unpaired) electrons. The normalized spacial score (nSPS) is 10.6. The second-order valence-electron chi connectivity index (χ2n) is 4.58. The molecule has 1 heterocycles. The Kier molecular flexibility index (Phi) is 2.84. The molecule has 0 aliphatic rings. The van der Waals surface area contributed by atoms with Crippen LogP contribution in [0, 0.1) is 6.92 Å². The van der Waals surface area contributed by atoms with E-state index in [2.05, 4.69) is 11.1 Å². The summed E-state index contributed by atoms with van der Waals surface area (Å²) in [5.41, 5.74) is 4.68. The lowest BCUT2D eigenvalue weighted by atomic mass is 10.0. The van der Waals surface area contributed by atoms with Gasteiger partial charge in [0.15, 0.2) is 0 Å². The summed E-state index contributed by atoms with van der Waals surface area (Å²) in [5, 5.41) is 1.12. The van der Waals surface area contributed by atoms with Gasteiger partial charge in [0.05, 0.1) is 11.2 Å². The summed E-state index contributed by atoms with van der Waals surface area (Å²) in [6.45, 7) is 2.03. The molecule has 3 rings (SSSR count). The second kappa shape index (κ2) is 4.65. The first-order valence-corrected chi connectivity index (χ1v) is 6.20. The summed E-state index contributed by atoms with van der Waals surface area (Å²) in [6, 6.07) is 17.8. The fourth-order valence-electron chi connectivity index (χ4n) is 2.20. The third kappa shape index (κ3) is 2.13. The number of nitrogens with zero attached hydrogens (tertiary/aromatic N) is 1. The maximum absolute atomic E-state index is 10.9. The minimum Gasteiger partial charge on any atom is -0.298 e. The van der Waals surface area contributed by atoms with E-state index in [1.54, 1.807) is 0 Å². The van der Waals surface area contributed by atoms with Crippen LogP contribution >= 0.6 is 0 Å². The SMILES string of the molecule is Cc1ccc(C=O)cc1-c1ccc2ccccc2n1. The molecule has 0 saturated carbocycles. The molecule has 0 atom stereocenters. The van der Waals surface area contributed by atoms with Crippen molar-refractivity contribution in [2.75, 3.05) is 0 Å². The van der Waals surface area contributed by atoms with E-state index in [9.17, 15) is 4.79 Å². The molecule has 0 aliphatic heterocycles. The lowest BCUT2D eigenvalue weighted by Crippen LogP contribution is -1.90. The van der Waals surface area contributed by atoms with Crippen LogP contribution in [0.1, 0.15) is 15.9 Å². The predicted molar refractivity (Wildman–Crippen MR) is 77.3 cm³/mol. The average molecular weight is 247 g/mol. The summed E-state index contributed by atoms with van der Waals surface area (Å²) in [7, 11) is 0. The van der Waals surface area contributed by atoms with Crippen molar-refractivity contribution in [1.29, 1.82) is 0 Å². The van der Waals surface area contributed by atoms with Crippen molar-refractivity contribution in [3.05, 3.63) is 65.7 Å². The van der Waals surface area contributed by atoms with Crippen molar-refractivity contribution in [1.82, 2.24) is 4.98 Å². The van der Waals surface area contributed by atoms with Crippen LogP contribution in [-0.2, 0) is 0 Å². The summed E-state index contributed by atoms with van der Waals surface area (Å²) in [4.78, 5) is 15.6. The van der Waals surface area contributed by atoms with Crippen molar-refractivity contribution in [2.24, 2.45) is 0 Å². The van der Waals surface area contributed by atoms with Gasteiger partial charge >= 0.3 is 0 Å². The van der Waals surface area contributed by atoms with E-state index in [0.717, 1.165) is 34.0 Å². The molecule has 0 fully saturated rings. The number of para-hydroxylation sites is 1. The van der Waals surface area contributed by atoms with Gasteiger partial charge in [-0.15, -0.1) is 0 Å². The molecule has 19 heavy (non-hydrogen) atoms. The molecule has 0 unspecified atom stereocenters. The highest BCUT2D eigenvalue weighted by Gasteiger charge is 2.05. The van der Waals surface area contributed by atoms with Gasteiger partial charge in [0.25, 0.3) is 0 Å². The number of hydrogen-bond donors (Lipinski definition) is 0. The molecule has 0 saturated heterocycles. The van der Waals surface area contributed by atoms with Crippen LogP contribution in [0.3, 0.4) is 0 Å². The number of fused-ring (bicyclic) bond motifs is 1. The largest absolute Gasteiger partial charge is 0.298 e. The standard InChI is InChI=1S/C17H13NO/c1-12-6-7-13(11-19)10-15(12)17-9-8-14-4-2-3-5-16(14)18-17/h2-11H,1H3. The third-order valence-corrected chi connectivity index (χ3v) is 3.27. The predicted octanol–water partition coefficient (Wildman–Crippen LogP) is 4.02. The first kappa shape index (κ1) is 11.6. The van der Waals surface area contributed by atoms with Gasteiger partial charge in [-0.25, -0.2) is 4.98 Å². The quantitative estimate of drug-likeness (QED) is 0.640. The Morgan fingerprint density at radius 1 is 1.00 bits per heavy atom. The monoisotopic (exact) mass is 247 g/mol. The molecule has 2 heteroatoms. The molecular formula is C17H13NO. The van der Waals surface area contributed by atoms with Gasteiger partial charge in [-0.05, 0) is 30.7 Å².